The molecule has 1 N–H and O–H groups in total. The molecule has 0 bridgehead atoms. The Hall–Kier alpha value is -5.35. The summed E-state index contributed by atoms with van der Waals surface area (Å²) in [4.78, 5) is 65.0. The summed E-state index contributed by atoms with van der Waals surface area (Å²) in [6.45, 7) is 4.60. The van der Waals surface area contributed by atoms with Gasteiger partial charge < -0.3 is 9.32 Å². The van der Waals surface area contributed by atoms with Gasteiger partial charge in [0, 0.05) is 68.7 Å². The molecule has 2 saturated carbocycles. The molecule has 4 aliphatic rings. The van der Waals surface area contributed by atoms with Crippen LogP contribution in [0.1, 0.15) is 122 Å². The molecule has 9 rings (SSSR count). The van der Waals surface area contributed by atoms with Crippen LogP contribution in [0.4, 0.5) is 8.78 Å². The smallest absolute Gasteiger partial charge is 0.329 e. The maximum Gasteiger partial charge on any atom is 0.329 e. The van der Waals surface area contributed by atoms with Gasteiger partial charge in [-0.3, -0.25) is 43.4 Å². The number of nitrogens with zero attached hydrogens (tertiary/aromatic N) is 8. The third-order valence-electron chi connectivity index (χ3n) is 13.9. The minimum Gasteiger partial charge on any atom is -0.444 e. The Labute approximate surface area is 365 Å². The number of carbonyl (C=O) groups excluding carboxylic acids is 3. The fourth-order valence-corrected chi connectivity index (χ4v) is 10.2. The molecule has 0 spiro atoms. The van der Waals surface area contributed by atoms with E-state index >= 15 is 0 Å². The lowest BCUT2D eigenvalue weighted by molar-refractivity contribution is -0.135. The molecule has 14 nitrogen and oxygen atoms in total. The normalized spacial score (nSPS) is 21.5. The van der Waals surface area contributed by atoms with Crippen LogP contribution in [0.3, 0.4) is 0 Å². The van der Waals surface area contributed by atoms with Crippen molar-refractivity contribution in [3.63, 3.8) is 0 Å². The highest BCUT2D eigenvalue weighted by Crippen LogP contribution is 2.36. The van der Waals surface area contributed by atoms with Crippen LogP contribution in [0.15, 0.2) is 58.2 Å². The topological polar surface area (TPSA) is 153 Å². The molecule has 4 aromatic heterocycles. The van der Waals surface area contributed by atoms with E-state index in [1.54, 1.807) is 39.3 Å². The van der Waals surface area contributed by atoms with Crippen molar-refractivity contribution in [2.24, 2.45) is 24.8 Å². The van der Waals surface area contributed by atoms with Crippen LogP contribution < -0.4 is 11.0 Å². The van der Waals surface area contributed by atoms with Crippen molar-refractivity contribution in [3.05, 3.63) is 87.7 Å². The number of fused-ring (bicyclic) bond motifs is 1. The Balaban J connectivity index is 0.740. The molecule has 334 valence electrons. The van der Waals surface area contributed by atoms with Gasteiger partial charge in [0.2, 0.25) is 17.7 Å². The number of piperidine rings is 2. The van der Waals surface area contributed by atoms with Crippen LogP contribution in [0.2, 0.25) is 0 Å². The Morgan fingerprint density at radius 2 is 1.70 bits per heavy atom. The first-order valence-corrected chi connectivity index (χ1v) is 22.7. The van der Waals surface area contributed by atoms with E-state index < -0.39 is 24.2 Å². The van der Waals surface area contributed by atoms with E-state index in [2.05, 4.69) is 43.3 Å². The summed E-state index contributed by atoms with van der Waals surface area (Å²) in [6.07, 6.45) is 12.5. The van der Waals surface area contributed by atoms with E-state index in [0.717, 1.165) is 106 Å². The number of imide groups is 1. The summed E-state index contributed by atoms with van der Waals surface area (Å²) in [7, 11) is 3.94. The summed E-state index contributed by atoms with van der Waals surface area (Å²) in [5.41, 5.74) is 4.01. The van der Waals surface area contributed by atoms with Gasteiger partial charge in [0.1, 0.15) is 23.7 Å². The number of likely N-dealkylation sites (tertiary alicyclic amines) is 1. The molecule has 63 heavy (non-hydrogen) atoms. The van der Waals surface area contributed by atoms with Gasteiger partial charge in [-0.15, -0.1) is 0 Å². The second-order valence-corrected chi connectivity index (χ2v) is 18.6. The number of imidazole rings is 1. The molecule has 0 radical (unpaired) electrons. The Kier molecular flexibility index (Phi) is 12.5. The monoisotopic (exact) mass is 865 g/mol. The average molecular weight is 866 g/mol. The summed E-state index contributed by atoms with van der Waals surface area (Å²) in [6, 6.07) is 8.90. The molecule has 1 atom stereocenters. The fourth-order valence-electron chi connectivity index (χ4n) is 10.2. The molecule has 2 amide bonds. The number of ketones is 1. The Morgan fingerprint density at radius 1 is 0.952 bits per heavy atom. The van der Waals surface area contributed by atoms with Crippen LogP contribution >= 0.6 is 0 Å². The predicted molar refractivity (Wildman–Crippen MR) is 231 cm³/mol. The molecular formula is C47H57F2N9O5. The van der Waals surface area contributed by atoms with Gasteiger partial charge in [0.15, 0.2) is 5.78 Å². The number of halogens is 2. The first-order chi connectivity index (χ1) is 30.5. The van der Waals surface area contributed by atoms with E-state index in [1.807, 2.05) is 18.2 Å². The molecule has 1 aromatic carbocycles. The molecule has 2 aliphatic carbocycles. The largest absolute Gasteiger partial charge is 0.444 e. The third-order valence-corrected chi connectivity index (χ3v) is 13.9. The molecule has 16 heteroatoms. The zero-order chi connectivity index (χ0) is 43.8. The third kappa shape index (κ3) is 9.62. The zero-order valence-electron chi connectivity index (χ0n) is 36.2. The van der Waals surface area contributed by atoms with Gasteiger partial charge in [-0.1, -0.05) is 25.0 Å². The van der Waals surface area contributed by atoms with Crippen molar-refractivity contribution in [1.82, 2.24) is 44.0 Å². The number of hydrogen-bond donors (Lipinski definition) is 1. The lowest BCUT2D eigenvalue weighted by Crippen LogP contribution is -2.44. The van der Waals surface area contributed by atoms with E-state index in [4.69, 9.17) is 4.42 Å². The number of nitrogens with one attached hydrogen (secondary N) is 1. The van der Waals surface area contributed by atoms with Crippen molar-refractivity contribution < 1.29 is 27.6 Å². The van der Waals surface area contributed by atoms with Gasteiger partial charge in [0.25, 0.3) is 6.43 Å². The quantitative estimate of drug-likeness (QED) is 0.0824. The van der Waals surface area contributed by atoms with Gasteiger partial charge >= 0.3 is 5.69 Å². The number of hydrogen-bond acceptors (Lipinski definition) is 10. The first-order valence-electron chi connectivity index (χ1n) is 22.7. The predicted octanol–water partition coefficient (Wildman–Crippen LogP) is 6.85. The lowest BCUT2D eigenvalue weighted by atomic mass is 9.85. The number of Topliss-reactive ketones (excluding diaryl/α,β-unsaturated/α-hetero) is 1. The first kappa shape index (κ1) is 42.9. The number of aromatic nitrogens is 6. The van der Waals surface area contributed by atoms with E-state index in [0.29, 0.717) is 36.2 Å². The van der Waals surface area contributed by atoms with E-state index in [1.165, 1.54) is 19.1 Å². The highest BCUT2D eigenvalue weighted by atomic mass is 19.3. The maximum atomic E-state index is 14.3. The molecule has 5 aromatic rings. The summed E-state index contributed by atoms with van der Waals surface area (Å²) in [5.74, 6) is 1.05. The second-order valence-electron chi connectivity index (χ2n) is 18.6. The van der Waals surface area contributed by atoms with Crippen LogP contribution in [-0.2, 0) is 36.0 Å². The number of alkyl halides is 2. The summed E-state index contributed by atoms with van der Waals surface area (Å²) < 4.78 is 39.0. The van der Waals surface area contributed by atoms with Gasteiger partial charge in [0.05, 0.1) is 17.1 Å². The van der Waals surface area contributed by atoms with Gasteiger partial charge in [-0.25, -0.2) is 18.6 Å². The molecule has 6 heterocycles. The standard InChI is InChI=1S/C47H57F2N9O5/c1-54(25-31-17-20-56(21-18-31)26-33-4-3-5-38-43(33)55(2)47(62)58(38)39-14-15-41(60)52-45(39)61)24-30-9-12-36(13-10-30)57-27-34(42(53-57)44(48)49)23-40(59)37-28-63-46(51-37)32-16-19-50-35(22-32)11-8-29-6-7-29/h3-5,16,19,22,27-31,36,39,44H,6-15,17-18,20-21,23-26H2,1-2H3,(H,52,60,61). The van der Waals surface area contributed by atoms with Crippen LogP contribution in [0.25, 0.3) is 22.5 Å². The maximum absolute atomic E-state index is 14.3. The molecule has 4 fully saturated rings. The van der Waals surface area contributed by atoms with Crippen LogP contribution in [0, 0.1) is 17.8 Å². The number of carbonyl (C=O) groups is 3. The number of pyridine rings is 1. The van der Waals surface area contributed by atoms with Crippen molar-refractivity contribution in [2.45, 2.75) is 109 Å². The minimum atomic E-state index is -2.80. The SMILES string of the molecule is CN(CC1CCC(n2cc(CC(=O)c3coc(-c4ccnc(CCC5CC5)c4)n3)c(C(F)F)n2)CC1)CC1CCN(Cc2cccc3c2n(C)c(=O)n3C2CCC(=O)NC2=O)CC1. The Bertz CT molecular complexity index is 2520. The number of amides is 2. The highest BCUT2D eigenvalue weighted by molar-refractivity contribution is 6.00. The lowest BCUT2D eigenvalue weighted by Gasteiger charge is -2.36. The number of aryl methyl sites for hydroxylation is 2. The highest BCUT2D eigenvalue weighted by Gasteiger charge is 2.33. The second kappa shape index (κ2) is 18.4. The summed E-state index contributed by atoms with van der Waals surface area (Å²) >= 11 is 0. The molecule has 2 saturated heterocycles. The van der Waals surface area contributed by atoms with E-state index in [-0.39, 0.29) is 47.4 Å². The van der Waals surface area contributed by atoms with Gasteiger partial charge in [-0.05, 0) is 119 Å². The molecule has 1 unspecified atom stereocenters. The average Bonchev–Trinajstić information content (AvgIpc) is 3.67. The molecule has 2 aliphatic heterocycles. The van der Waals surface area contributed by atoms with Crippen molar-refractivity contribution in [2.75, 3.05) is 33.2 Å². The summed E-state index contributed by atoms with van der Waals surface area (Å²) in [5, 5.41) is 6.71. The number of rotatable bonds is 16. The van der Waals surface area contributed by atoms with Gasteiger partial charge in [-0.2, -0.15) is 5.10 Å². The number of benzene rings is 1. The number of para-hydroxylation sites is 1. The number of oxazole rings is 1. The van der Waals surface area contributed by atoms with E-state index in [9.17, 15) is 28.0 Å². The van der Waals surface area contributed by atoms with Crippen LogP contribution in [-0.4, -0.2) is 89.5 Å². The minimum absolute atomic E-state index is 0.000876. The zero-order valence-corrected chi connectivity index (χ0v) is 36.2. The van der Waals surface area contributed by atoms with Crippen molar-refractivity contribution >= 4 is 28.6 Å². The molecular weight excluding hydrogens is 809 g/mol. The van der Waals surface area contributed by atoms with Crippen LogP contribution in [0.5, 0.6) is 0 Å². The van der Waals surface area contributed by atoms with Crippen molar-refractivity contribution in [3.8, 4) is 11.5 Å². The van der Waals surface area contributed by atoms with Crippen molar-refractivity contribution in [1.29, 1.82) is 0 Å². The Morgan fingerprint density at radius 3 is 2.43 bits per heavy atom. The fraction of sp³-hybridized carbons (Fsp3) is 0.553.